The number of hydrogen-bond acceptors (Lipinski definition) is 4. The standard InChI is InChI=1S/C9H13N4.Rf/c1-12-5-7-13(8-6-12)9-10-3-2-4-11-9;/h2-4H,1,5-8H2;/q-1;. The van der Waals surface area contributed by atoms with Gasteiger partial charge < -0.3 is 9.80 Å². The summed E-state index contributed by atoms with van der Waals surface area (Å²) in [4.78, 5) is 12.7. The predicted molar refractivity (Wildman–Crippen MR) is 51.2 cm³/mol. The molecule has 0 radical (unpaired) electrons. The van der Waals surface area contributed by atoms with E-state index in [1.165, 1.54) is 0 Å². The van der Waals surface area contributed by atoms with E-state index in [9.17, 15) is 0 Å². The van der Waals surface area contributed by atoms with Crippen LogP contribution in [0.25, 0.3) is 0 Å². The van der Waals surface area contributed by atoms with E-state index in [1.807, 2.05) is 6.07 Å². The largest absolute Gasteiger partial charge is 0.456 e. The van der Waals surface area contributed by atoms with Crippen LogP contribution in [-0.2, 0) is 0 Å². The summed E-state index contributed by atoms with van der Waals surface area (Å²) < 4.78 is 0. The van der Waals surface area contributed by atoms with Crippen LogP contribution in [0, 0.1) is 7.05 Å². The van der Waals surface area contributed by atoms with Gasteiger partial charge in [-0.25, -0.2) is 9.97 Å². The molecule has 0 saturated carbocycles. The summed E-state index contributed by atoms with van der Waals surface area (Å²) in [6, 6.07) is 1.83. The number of piperazine rings is 1. The van der Waals surface area contributed by atoms with Gasteiger partial charge in [0.1, 0.15) is 0 Å². The van der Waals surface area contributed by atoms with Crippen molar-refractivity contribution in [2.45, 2.75) is 0 Å². The molecule has 1 saturated heterocycles. The molecule has 1 aliphatic heterocycles. The van der Waals surface area contributed by atoms with Gasteiger partial charge in [0.15, 0.2) is 0 Å². The molecule has 2 heterocycles. The van der Waals surface area contributed by atoms with E-state index in [4.69, 9.17) is 0 Å². The fourth-order valence-corrected chi connectivity index (χ4v) is 1.40. The third-order valence-electron chi connectivity index (χ3n) is 2.21. The van der Waals surface area contributed by atoms with E-state index < -0.39 is 0 Å². The average molecular weight is 444 g/mol. The summed E-state index contributed by atoms with van der Waals surface area (Å²) >= 11 is 0. The van der Waals surface area contributed by atoms with Gasteiger partial charge in [0.05, 0.1) is 0 Å². The summed E-state index contributed by atoms with van der Waals surface area (Å²) in [6.07, 6.45) is 3.55. The van der Waals surface area contributed by atoms with Crippen LogP contribution < -0.4 is 4.90 Å². The molecule has 0 aromatic carbocycles. The second-order valence-corrected chi connectivity index (χ2v) is 3.15. The first kappa shape index (κ1) is 9.92. The molecule has 1 fully saturated rings. The van der Waals surface area contributed by atoms with Gasteiger partial charge in [0, 0.05) is 25.5 Å². The quantitative estimate of drug-likeness (QED) is 0.587. The molecule has 0 amide bonds. The van der Waals surface area contributed by atoms with Crippen LogP contribution in [0.1, 0.15) is 0 Å². The molecule has 1 aromatic rings. The van der Waals surface area contributed by atoms with E-state index >= 15 is 0 Å². The normalized spacial score (nSPS) is 17.6. The molecule has 0 aliphatic carbocycles. The van der Waals surface area contributed by atoms with Crippen LogP contribution in [-0.4, -0.2) is 41.0 Å². The zero-order chi connectivity index (χ0) is 9.10. The molecule has 0 spiro atoms. The maximum absolute atomic E-state index is 4.20. The Bertz CT molecular complexity index is 259. The predicted octanol–water partition coefficient (Wildman–Crippen LogP) is 0.390. The number of aromatic nitrogens is 2. The van der Waals surface area contributed by atoms with Crippen LogP contribution in [0.5, 0.6) is 0 Å². The van der Waals surface area contributed by atoms with Crippen LogP contribution in [0.15, 0.2) is 18.5 Å². The van der Waals surface area contributed by atoms with Crippen LogP contribution >= 0.6 is 0 Å². The van der Waals surface area contributed by atoms with Crippen molar-refractivity contribution < 1.29 is 0 Å². The third-order valence-corrected chi connectivity index (χ3v) is 2.21. The van der Waals surface area contributed by atoms with E-state index in [2.05, 4.69) is 26.8 Å². The first-order valence-electron chi connectivity index (χ1n) is 4.44. The summed E-state index contributed by atoms with van der Waals surface area (Å²) in [6.45, 7) is 3.90. The van der Waals surface area contributed by atoms with Crippen LogP contribution in [0.4, 0.5) is 5.95 Å². The number of anilines is 1. The molecule has 72 valence electrons. The van der Waals surface area contributed by atoms with Gasteiger partial charge in [-0.1, -0.05) is 0 Å². The van der Waals surface area contributed by atoms with Crippen molar-refractivity contribution in [3.05, 3.63) is 25.5 Å². The second kappa shape index (κ2) is 4.18. The summed E-state index contributed by atoms with van der Waals surface area (Å²) in [5.74, 6) is 0.829. The fraction of sp³-hybridized carbons (Fsp3) is 0.444. The van der Waals surface area contributed by atoms with Crippen molar-refractivity contribution in [1.29, 1.82) is 0 Å². The molecule has 1 aliphatic rings. The van der Waals surface area contributed by atoms with Crippen LogP contribution in [0.2, 0.25) is 0 Å². The minimum absolute atomic E-state index is 0. The van der Waals surface area contributed by atoms with E-state index in [-0.39, 0.29) is 0 Å². The van der Waals surface area contributed by atoms with Crippen molar-refractivity contribution in [2.75, 3.05) is 31.1 Å². The fourth-order valence-electron chi connectivity index (χ4n) is 1.40. The second-order valence-electron chi connectivity index (χ2n) is 3.15. The Morgan fingerprint density at radius 3 is 2.21 bits per heavy atom. The third kappa shape index (κ3) is 1.95. The Kier molecular flexibility index (Phi) is 2.97. The first-order valence-corrected chi connectivity index (χ1v) is 4.44. The summed E-state index contributed by atoms with van der Waals surface area (Å²) in [7, 11) is 3.89. The van der Waals surface area contributed by atoms with E-state index in [0.717, 1.165) is 32.1 Å². The van der Waals surface area contributed by atoms with Gasteiger partial charge in [0.2, 0.25) is 5.95 Å². The van der Waals surface area contributed by atoms with Gasteiger partial charge in [-0.05, 0) is 19.2 Å². The molecule has 1 aromatic heterocycles. The Labute approximate surface area is 78.2 Å². The number of nitrogens with zero attached hydrogens (tertiary/aromatic N) is 4. The molecule has 0 bridgehead atoms. The van der Waals surface area contributed by atoms with Gasteiger partial charge >= 0.3 is 0 Å². The first-order chi connectivity index (χ1) is 6.36. The van der Waals surface area contributed by atoms with Crippen molar-refractivity contribution >= 4 is 5.95 Å². The molecule has 0 N–H and O–H groups in total. The van der Waals surface area contributed by atoms with Crippen molar-refractivity contribution in [3.8, 4) is 0 Å². The minimum Gasteiger partial charge on any atom is -0.456 e. The maximum Gasteiger partial charge on any atom is 0.225 e. The smallest absolute Gasteiger partial charge is 0.225 e. The van der Waals surface area contributed by atoms with Crippen molar-refractivity contribution in [2.24, 2.45) is 0 Å². The van der Waals surface area contributed by atoms with Gasteiger partial charge in [-0.2, -0.15) is 0 Å². The molecule has 5 heteroatoms. The topological polar surface area (TPSA) is 32.3 Å². The molecular weight excluding hydrogens is 431 g/mol. The average Bonchev–Trinajstić information content (AvgIpc) is 2.20. The Balaban J connectivity index is 0.000000980. The van der Waals surface area contributed by atoms with E-state index in [1.54, 1.807) is 12.4 Å². The number of hydrogen-bond donors (Lipinski definition) is 0. The molecule has 2 rings (SSSR count). The van der Waals surface area contributed by atoms with Gasteiger partial charge in [0.25, 0.3) is 0 Å². The Hall–Kier alpha value is -2.16. The molecule has 0 atom stereocenters. The Morgan fingerprint density at radius 2 is 1.64 bits per heavy atom. The number of rotatable bonds is 1. The Morgan fingerprint density at radius 1 is 1.07 bits per heavy atom. The summed E-state index contributed by atoms with van der Waals surface area (Å²) in [5.41, 5.74) is 0. The zero-order valence-corrected chi connectivity index (χ0v) is 14.7. The molecular formula is C9H13N4Rf-. The molecule has 14 heavy (non-hydrogen) atoms. The van der Waals surface area contributed by atoms with Crippen molar-refractivity contribution in [1.82, 2.24) is 14.9 Å². The minimum atomic E-state index is 0. The van der Waals surface area contributed by atoms with Gasteiger partial charge in [-0.15, -0.1) is 0 Å². The van der Waals surface area contributed by atoms with E-state index in [0.29, 0.717) is 0 Å². The zero-order valence-electron chi connectivity index (χ0n) is 8.26. The monoisotopic (exact) mass is 444 g/mol. The molecule has 0 unspecified atom stereocenters. The van der Waals surface area contributed by atoms with Gasteiger partial charge in [-0.3, -0.25) is 7.05 Å². The molecule has 4 nitrogen and oxygen atoms in total. The summed E-state index contributed by atoms with van der Waals surface area (Å²) in [5, 5.41) is 0. The SMILES string of the molecule is [CH2-]N1CCN(c2ncccn2)CC1.[Rf]. The van der Waals surface area contributed by atoms with Crippen molar-refractivity contribution in [3.63, 3.8) is 0 Å². The van der Waals surface area contributed by atoms with Crippen LogP contribution in [0.3, 0.4) is 0 Å². The maximum atomic E-state index is 4.20.